The number of amides is 1. The third-order valence-corrected chi connectivity index (χ3v) is 6.04. The van der Waals surface area contributed by atoms with Crippen LogP contribution in [0.4, 0.5) is 10.1 Å². The molecule has 1 aromatic carbocycles. The minimum absolute atomic E-state index is 0.141. The molecule has 0 saturated carbocycles. The van der Waals surface area contributed by atoms with Crippen LogP contribution in [-0.4, -0.2) is 93.7 Å². The van der Waals surface area contributed by atoms with Crippen molar-refractivity contribution in [2.75, 3.05) is 70.9 Å². The van der Waals surface area contributed by atoms with Gasteiger partial charge in [0.1, 0.15) is 5.82 Å². The predicted molar refractivity (Wildman–Crippen MR) is 123 cm³/mol. The van der Waals surface area contributed by atoms with Crippen LogP contribution < -0.4 is 21.3 Å². The normalized spacial score (nSPS) is 19.4. The van der Waals surface area contributed by atoms with Gasteiger partial charge in [0.15, 0.2) is 5.96 Å². The summed E-state index contributed by atoms with van der Waals surface area (Å²) in [6, 6.07) is 7.37. The van der Waals surface area contributed by atoms with Gasteiger partial charge >= 0.3 is 0 Å². The number of para-hydroxylation sites is 1. The quantitative estimate of drug-likeness (QED) is 0.313. The van der Waals surface area contributed by atoms with Crippen molar-refractivity contribution in [3.05, 3.63) is 30.1 Å². The number of aliphatic imine (C=N–C) groups is 1. The highest BCUT2D eigenvalue weighted by atomic mass is 19.1. The van der Waals surface area contributed by atoms with Gasteiger partial charge in [-0.25, -0.2) is 4.39 Å². The molecule has 3 rings (SSSR count). The summed E-state index contributed by atoms with van der Waals surface area (Å²) in [7, 11) is 1.79. The van der Waals surface area contributed by atoms with E-state index in [1.165, 1.54) is 6.07 Å². The molecule has 0 bridgehead atoms. The molecular formula is C22H36FN7O. The van der Waals surface area contributed by atoms with E-state index in [2.05, 4.69) is 30.3 Å². The minimum atomic E-state index is -0.266. The number of nitrogens with two attached hydrogens (primary N) is 1. The van der Waals surface area contributed by atoms with E-state index >= 15 is 0 Å². The first-order chi connectivity index (χ1) is 15.0. The average Bonchev–Trinajstić information content (AvgIpc) is 2.77. The second-order valence-electron chi connectivity index (χ2n) is 8.29. The molecule has 0 radical (unpaired) electrons. The molecule has 2 aliphatic heterocycles. The van der Waals surface area contributed by atoms with Gasteiger partial charge in [0.2, 0.25) is 5.91 Å². The van der Waals surface area contributed by atoms with Crippen LogP contribution in [0.3, 0.4) is 0 Å². The van der Waals surface area contributed by atoms with Crippen molar-refractivity contribution in [2.45, 2.75) is 25.3 Å². The van der Waals surface area contributed by atoms with Crippen LogP contribution in [0.5, 0.6) is 0 Å². The predicted octanol–water partition coefficient (Wildman–Crippen LogP) is 0.453. The fraction of sp³-hybridized carbons (Fsp3) is 0.636. The summed E-state index contributed by atoms with van der Waals surface area (Å²) in [5.41, 5.74) is 5.98. The van der Waals surface area contributed by atoms with Crippen molar-refractivity contribution in [2.24, 2.45) is 10.7 Å². The second kappa shape index (κ2) is 11.9. The number of carbonyl (C=O) groups is 1. The molecule has 172 valence electrons. The molecule has 0 aromatic heterocycles. The fourth-order valence-electron chi connectivity index (χ4n) is 4.27. The van der Waals surface area contributed by atoms with Crippen LogP contribution in [0, 0.1) is 5.82 Å². The van der Waals surface area contributed by atoms with Crippen LogP contribution in [-0.2, 0) is 4.79 Å². The number of primary amides is 1. The number of halogens is 1. The smallest absolute Gasteiger partial charge is 0.231 e. The SMILES string of the molecule is CN=C(NCCCN1CCN(c2ccccc2F)CC1)NC1CCN(CC(N)=O)CC1. The Morgan fingerprint density at radius 2 is 1.84 bits per heavy atom. The summed E-state index contributed by atoms with van der Waals surface area (Å²) >= 11 is 0. The van der Waals surface area contributed by atoms with Crippen LogP contribution in [0.15, 0.2) is 29.3 Å². The maximum atomic E-state index is 14.0. The molecule has 2 saturated heterocycles. The first-order valence-corrected chi connectivity index (χ1v) is 11.2. The number of anilines is 1. The first kappa shape index (κ1) is 23.3. The Balaban J connectivity index is 1.29. The number of piperidine rings is 1. The Labute approximate surface area is 184 Å². The molecule has 0 aliphatic carbocycles. The Morgan fingerprint density at radius 1 is 1.13 bits per heavy atom. The number of benzene rings is 1. The summed E-state index contributed by atoms with van der Waals surface area (Å²) in [4.78, 5) is 22.0. The molecule has 9 heteroatoms. The minimum Gasteiger partial charge on any atom is -0.369 e. The van der Waals surface area contributed by atoms with Gasteiger partial charge in [-0.1, -0.05) is 12.1 Å². The number of piperazine rings is 1. The number of nitrogens with one attached hydrogen (secondary N) is 2. The molecule has 1 aromatic rings. The van der Waals surface area contributed by atoms with E-state index in [1.54, 1.807) is 13.1 Å². The molecule has 2 fully saturated rings. The summed E-state index contributed by atoms with van der Waals surface area (Å²) in [6.07, 6.45) is 2.97. The third kappa shape index (κ3) is 7.36. The molecule has 1 amide bonds. The lowest BCUT2D eigenvalue weighted by atomic mass is 10.1. The number of likely N-dealkylation sites (tertiary alicyclic amines) is 1. The van der Waals surface area contributed by atoms with Gasteiger partial charge in [0.05, 0.1) is 12.2 Å². The van der Waals surface area contributed by atoms with E-state index in [-0.39, 0.29) is 11.7 Å². The maximum absolute atomic E-state index is 14.0. The van der Waals surface area contributed by atoms with Crippen molar-refractivity contribution >= 4 is 17.6 Å². The van der Waals surface area contributed by atoms with Crippen LogP contribution >= 0.6 is 0 Å². The van der Waals surface area contributed by atoms with E-state index in [1.807, 2.05) is 12.1 Å². The van der Waals surface area contributed by atoms with Gasteiger partial charge < -0.3 is 21.3 Å². The van der Waals surface area contributed by atoms with Crippen molar-refractivity contribution in [3.8, 4) is 0 Å². The summed E-state index contributed by atoms with van der Waals surface area (Å²) < 4.78 is 14.0. The Bertz CT molecular complexity index is 728. The van der Waals surface area contributed by atoms with E-state index in [4.69, 9.17) is 5.73 Å². The number of hydrogen-bond donors (Lipinski definition) is 3. The van der Waals surface area contributed by atoms with Crippen LogP contribution in [0.2, 0.25) is 0 Å². The average molecular weight is 434 g/mol. The van der Waals surface area contributed by atoms with E-state index in [0.29, 0.717) is 18.3 Å². The van der Waals surface area contributed by atoms with E-state index in [0.717, 1.165) is 77.6 Å². The van der Waals surface area contributed by atoms with Crippen molar-refractivity contribution in [1.82, 2.24) is 20.4 Å². The molecule has 4 N–H and O–H groups in total. The Kier molecular flexibility index (Phi) is 8.90. The summed E-state index contributed by atoms with van der Waals surface area (Å²) in [6.45, 7) is 7.56. The highest BCUT2D eigenvalue weighted by Gasteiger charge is 2.21. The zero-order valence-corrected chi connectivity index (χ0v) is 18.5. The topological polar surface area (TPSA) is 89.2 Å². The van der Waals surface area contributed by atoms with Gasteiger partial charge in [-0.05, 0) is 37.9 Å². The van der Waals surface area contributed by atoms with Crippen LogP contribution in [0.1, 0.15) is 19.3 Å². The highest BCUT2D eigenvalue weighted by Crippen LogP contribution is 2.20. The monoisotopic (exact) mass is 433 g/mol. The Morgan fingerprint density at radius 3 is 2.48 bits per heavy atom. The van der Waals surface area contributed by atoms with Gasteiger partial charge in [0, 0.05) is 58.9 Å². The standard InChI is InChI=1S/C22H36FN7O/c1-25-22(27-18-7-11-29(12-8-18)17-21(24)31)26-9-4-10-28-13-15-30(16-14-28)20-6-3-2-5-19(20)23/h2-3,5-6,18H,4,7-17H2,1H3,(H2,24,31)(H2,25,26,27). The van der Waals surface area contributed by atoms with E-state index in [9.17, 15) is 9.18 Å². The maximum Gasteiger partial charge on any atom is 0.231 e. The number of carbonyl (C=O) groups excluding carboxylic acids is 1. The van der Waals surface area contributed by atoms with Crippen molar-refractivity contribution in [1.29, 1.82) is 0 Å². The number of guanidine groups is 1. The largest absolute Gasteiger partial charge is 0.369 e. The van der Waals surface area contributed by atoms with Gasteiger partial charge in [-0.15, -0.1) is 0 Å². The lowest BCUT2D eigenvalue weighted by Gasteiger charge is -2.36. The van der Waals surface area contributed by atoms with Gasteiger partial charge in [-0.3, -0.25) is 19.6 Å². The zero-order chi connectivity index (χ0) is 22.1. The number of hydrogen-bond acceptors (Lipinski definition) is 5. The molecule has 0 unspecified atom stereocenters. The van der Waals surface area contributed by atoms with Gasteiger partial charge in [-0.2, -0.15) is 0 Å². The molecule has 31 heavy (non-hydrogen) atoms. The van der Waals surface area contributed by atoms with Crippen molar-refractivity contribution in [3.63, 3.8) is 0 Å². The number of rotatable bonds is 8. The second-order valence-corrected chi connectivity index (χ2v) is 8.29. The summed E-state index contributed by atoms with van der Waals surface area (Å²) in [5, 5.41) is 6.89. The molecule has 2 aliphatic rings. The fourth-order valence-corrected chi connectivity index (χ4v) is 4.27. The van der Waals surface area contributed by atoms with Crippen LogP contribution in [0.25, 0.3) is 0 Å². The van der Waals surface area contributed by atoms with Crippen molar-refractivity contribution < 1.29 is 9.18 Å². The summed E-state index contributed by atoms with van der Waals surface area (Å²) in [5.74, 6) is 0.424. The zero-order valence-electron chi connectivity index (χ0n) is 18.5. The highest BCUT2D eigenvalue weighted by molar-refractivity contribution is 5.80. The third-order valence-electron chi connectivity index (χ3n) is 6.04. The molecule has 2 heterocycles. The number of nitrogens with zero attached hydrogens (tertiary/aromatic N) is 4. The lowest BCUT2D eigenvalue weighted by molar-refractivity contribution is -0.119. The molecule has 0 atom stereocenters. The Hall–Kier alpha value is -2.39. The van der Waals surface area contributed by atoms with E-state index < -0.39 is 0 Å². The lowest BCUT2D eigenvalue weighted by Crippen LogP contribution is -2.50. The molecule has 8 nitrogen and oxygen atoms in total. The van der Waals surface area contributed by atoms with Gasteiger partial charge in [0.25, 0.3) is 0 Å². The first-order valence-electron chi connectivity index (χ1n) is 11.2. The molecule has 0 spiro atoms. The molecular weight excluding hydrogens is 397 g/mol.